The molecule has 9 heteroatoms. The lowest BCUT2D eigenvalue weighted by atomic mass is 10.1. The van der Waals surface area contributed by atoms with Crippen LogP contribution in [0.25, 0.3) is 22.3 Å². The summed E-state index contributed by atoms with van der Waals surface area (Å²) in [7, 11) is 0. The molecule has 3 N–H and O–H groups in total. The number of ether oxygens (including phenoxy) is 1. The van der Waals surface area contributed by atoms with E-state index in [9.17, 15) is 9.18 Å². The number of aromatic nitrogens is 4. The van der Waals surface area contributed by atoms with E-state index in [4.69, 9.17) is 4.74 Å². The molecular formula is C24H25FN6O2. The third-order valence-corrected chi connectivity index (χ3v) is 4.80. The van der Waals surface area contributed by atoms with Crippen LogP contribution in [0.3, 0.4) is 0 Å². The lowest BCUT2D eigenvalue weighted by Gasteiger charge is -2.20. The molecule has 0 bridgehead atoms. The van der Waals surface area contributed by atoms with Gasteiger partial charge in [-0.2, -0.15) is 5.10 Å². The number of halogens is 1. The molecule has 33 heavy (non-hydrogen) atoms. The number of hydrogen-bond donors (Lipinski definition) is 3. The molecule has 1 amide bonds. The smallest absolute Gasteiger partial charge is 0.258 e. The van der Waals surface area contributed by atoms with Crippen LogP contribution in [0.5, 0.6) is 5.75 Å². The van der Waals surface area contributed by atoms with Crippen molar-refractivity contribution in [3.05, 3.63) is 60.2 Å². The van der Waals surface area contributed by atoms with E-state index in [0.717, 1.165) is 0 Å². The van der Waals surface area contributed by atoms with Crippen LogP contribution in [0.2, 0.25) is 0 Å². The second-order valence-electron chi connectivity index (χ2n) is 8.69. The van der Waals surface area contributed by atoms with Crippen LogP contribution >= 0.6 is 0 Å². The molecule has 0 saturated carbocycles. The second kappa shape index (κ2) is 8.85. The highest BCUT2D eigenvalue weighted by atomic mass is 19.1. The van der Waals surface area contributed by atoms with Gasteiger partial charge in [-0.15, -0.1) is 0 Å². The average molecular weight is 449 g/mol. The summed E-state index contributed by atoms with van der Waals surface area (Å²) in [6.07, 6.45) is 3.29. The fraction of sp³-hybridized carbons (Fsp3) is 0.250. The monoisotopic (exact) mass is 448 g/mol. The maximum absolute atomic E-state index is 14.3. The average Bonchev–Trinajstić information content (AvgIpc) is 3.27. The maximum Gasteiger partial charge on any atom is 0.258 e. The number of nitrogens with one attached hydrogen (secondary N) is 3. The van der Waals surface area contributed by atoms with E-state index in [1.807, 2.05) is 26.8 Å². The van der Waals surface area contributed by atoms with Crippen molar-refractivity contribution in [2.75, 3.05) is 11.9 Å². The summed E-state index contributed by atoms with van der Waals surface area (Å²) in [6, 6.07) is 10.2. The third-order valence-electron chi connectivity index (χ3n) is 4.80. The van der Waals surface area contributed by atoms with Crippen molar-refractivity contribution in [1.82, 2.24) is 25.5 Å². The molecule has 0 atom stereocenters. The fourth-order valence-corrected chi connectivity index (χ4v) is 3.37. The molecule has 2 aromatic heterocycles. The minimum Gasteiger partial charge on any atom is -0.484 e. The number of fused-ring (bicyclic) bond motifs is 1. The molecule has 0 aliphatic heterocycles. The number of H-pyrrole nitrogens is 1. The lowest BCUT2D eigenvalue weighted by Crippen LogP contribution is -2.43. The van der Waals surface area contributed by atoms with E-state index >= 15 is 0 Å². The van der Waals surface area contributed by atoms with Crippen molar-refractivity contribution in [3.8, 4) is 17.1 Å². The summed E-state index contributed by atoms with van der Waals surface area (Å²) in [5, 5.41) is 13.3. The zero-order chi connectivity index (χ0) is 23.6. The first-order chi connectivity index (χ1) is 15.7. The van der Waals surface area contributed by atoms with Crippen LogP contribution in [0, 0.1) is 12.7 Å². The zero-order valence-electron chi connectivity index (χ0n) is 18.9. The Labute approximate surface area is 190 Å². The molecule has 0 fully saturated rings. The van der Waals surface area contributed by atoms with E-state index in [2.05, 4.69) is 30.8 Å². The normalized spacial score (nSPS) is 11.4. The number of nitrogens with zero attached hydrogens (tertiary/aromatic N) is 3. The van der Waals surface area contributed by atoms with Crippen molar-refractivity contribution in [2.45, 2.75) is 33.2 Å². The second-order valence-corrected chi connectivity index (χ2v) is 8.69. The number of rotatable bonds is 6. The maximum atomic E-state index is 14.3. The third kappa shape index (κ3) is 5.25. The number of aryl methyl sites for hydroxylation is 1. The van der Waals surface area contributed by atoms with Gasteiger partial charge in [0, 0.05) is 22.7 Å². The Morgan fingerprint density at radius 3 is 2.73 bits per heavy atom. The van der Waals surface area contributed by atoms with Crippen LogP contribution in [0.1, 0.15) is 26.3 Å². The Morgan fingerprint density at radius 1 is 1.18 bits per heavy atom. The Morgan fingerprint density at radius 2 is 2.00 bits per heavy atom. The molecule has 170 valence electrons. The number of aromatic amines is 1. The van der Waals surface area contributed by atoms with Gasteiger partial charge in [0.25, 0.3) is 5.91 Å². The predicted octanol–water partition coefficient (Wildman–Crippen LogP) is 4.50. The molecule has 8 nitrogen and oxygen atoms in total. The van der Waals surface area contributed by atoms with Crippen molar-refractivity contribution in [1.29, 1.82) is 0 Å². The van der Waals surface area contributed by atoms with Gasteiger partial charge in [0.15, 0.2) is 12.4 Å². The van der Waals surface area contributed by atoms with E-state index < -0.39 is 0 Å². The molecule has 0 aliphatic rings. The topological polar surface area (TPSA) is 105 Å². The molecule has 0 spiro atoms. The van der Waals surface area contributed by atoms with Crippen molar-refractivity contribution < 1.29 is 13.9 Å². The minimum absolute atomic E-state index is 0.106. The first kappa shape index (κ1) is 22.2. The summed E-state index contributed by atoms with van der Waals surface area (Å²) in [5.74, 6) is 0.866. The van der Waals surface area contributed by atoms with E-state index in [1.165, 1.54) is 6.07 Å². The van der Waals surface area contributed by atoms with Crippen LogP contribution in [0.15, 0.2) is 48.8 Å². The van der Waals surface area contributed by atoms with Gasteiger partial charge in [-0.25, -0.2) is 14.4 Å². The SMILES string of the molecule is Cc1c(F)ccc2nc(-c3cccc(OCC(=O)NC(C)(C)C)c3)nc(Nc3cn[nH]c3)c12. The first-order valence-corrected chi connectivity index (χ1v) is 10.5. The highest BCUT2D eigenvalue weighted by Gasteiger charge is 2.16. The Hall–Kier alpha value is -4.01. The molecule has 0 radical (unpaired) electrons. The van der Waals surface area contributed by atoms with E-state index in [0.29, 0.717) is 45.1 Å². The number of carbonyl (C=O) groups excluding carboxylic acids is 1. The van der Waals surface area contributed by atoms with Gasteiger partial charge in [-0.1, -0.05) is 12.1 Å². The largest absolute Gasteiger partial charge is 0.484 e. The van der Waals surface area contributed by atoms with E-state index in [-0.39, 0.29) is 23.9 Å². The quantitative estimate of drug-likeness (QED) is 0.401. The molecule has 0 unspecified atom stereocenters. The summed E-state index contributed by atoms with van der Waals surface area (Å²) in [6.45, 7) is 7.31. The Kier molecular flexibility index (Phi) is 5.95. The first-order valence-electron chi connectivity index (χ1n) is 10.5. The highest BCUT2D eigenvalue weighted by Crippen LogP contribution is 2.31. The van der Waals surface area contributed by atoms with Crippen molar-refractivity contribution >= 4 is 28.3 Å². The number of amides is 1. The Balaban J connectivity index is 1.68. The molecule has 0 saturated heterocycles. The minimum atomic E-state index is -0.336. The number of hydrogen-bond acceptors (Lipinski definition) is 6. The lowest BCUT2D eigenvalue weighted by molar-refractivity contribution is -0.124. The zero-order valence-corrected chi connectivity index (χ0v) is 18.9. The summed E-state index contributed by atoms with van der Waals surface area (Å²) in [4.78, 5) is 21.4. The van der Waals surface area contributed by atoms with Crippen molar-refractivity contribution in [2.24, 2.45) is 0 Å². The van der Waals surface area contributed by atoms with Gasteiger partial charge < -0.3 is 15.4 Å². The number of benzene rings is 2. The highest BCUT2D eigenvalue weighted by molar-refractivity contribution is 5.95. The Bertz CT molecular complexity index is 1300. The molecule has 0 aliphatic carbocycles. The van der Waals surface area contributed by atoms with Gasteiger partial charge in [0.1, 0.15) is 17.4 Å². The molecule has 4 aromatic rings. The molecule has 2 aromatic carbocycles. The predicted molar refractivity (Wildman–Crippen MR) is 125 cm³/mol. The van der Waals surface area contributed by atoms with Gasteiger partial charge in [-0.05, 0) is 57.5 Å². The summed E-state index contributed by atoms with van der Waals surface area (Å²) < 4.78 is 20.0. The number of carbonyl (C=O) groups is 1. The summed E-state index contributed by atoms with van der Waals surface area (Å²) in [5.41, 5.74) is 2.10. The van der Waals surface area contributed by atoms with Gasteiger partial charge in [0.05, 0.1) is 17.4 Å². The van der Waals surface area contributed by atoms with Gasteiger partial charge in [0.2, 0.25) is 0 Å². The van der Waals surface area contributed by atoms with Crippen LogP contribution in [0.4, 0.5) is 15.9 Å². The van der Waals surface area contributed by atoms with E-state index in [1.54, 1.807) is 43.6 Å². The number of anilines is 2. The van der Waals surface area contributed by atoms with Crippen molar-refractivity contribution in [3.63, 3.8) is 0 Å². The summed E-state index contributed by atoms with van der Waals surface area (Å²) >= 11 is 0. The molecule has 4 rings (SSSR count). The molecule has 2 heterocycles. The standard InChI is InChI=1S/C24H25FN6O2/c1-14-18(25)8-9-19-21(14)23(28-16-11-26-27-12-16)30-22(29-19)15-6-5-7-17(10-15)33-13-20(32)31-24(2,3)4/h5-12H,13H2,1-4H3,(H,26,27)(H,31,32)(H,28,29,30). The van der Waals surface area contributed by atoms with Crippen LogP contribution in [-0.2, 0) is 4.79 Å². The fourth-order valence-electron chi connectivity index (χ4n) is 3.37. The van der Waals surface area contributed by atoms with Crippen LogP contribution < -0.4 is 15.4 Å². The van der Waals surface area contributed by atoms with Gasteiger partial charge in [-0.3, -0.25) is 9.89 Å². The van der Waals surface area contributed by atoms with Crippen LogP contribution in [-0.4, -0.2) is 38.2 Å². The molecular weight excluding hydrogens is 423 g/mol. The van der Waals surface area contributed by atoms with Gasteiger partial charge >= 0.3 is 0 Å².